The molecule has 2 aliphatic rings. The summed E-state index contributed by atoms with van der Waals surface area (Å²) in [5.41, 5.74) is -0.0521. The molecule has 0 bridgehead atoms. The average Bonchev–Trinajstić information content (AvgIpc) is 3.38. The highest BCUT2D eigenvalue weighted by molar-refractivity contribution is 5.88. The van der Waals surface area contributed by atoms with Crippen LogP contribution in [0.25, 0.3) is 0 Å². The van der Waals surface area contributed by atoms with Crippen LogP contribution in [0.2, 0.25) is 0 Å². The van der Waals surface area contributed by atoms with E-state index < -0.39 is 17.2 Å². The summed E-state index contributed by atoms with van der Waals surface area (Å²) in [7, 11) is 0. The summed E-state index contributed by atoms with van der Waals surface area (Å²) in [6, 6.07) is 2.55. The Bertz CT molecular complexity index is 616. The maximum atomic E-state index is 14.0. The lowest BCUT2D eigenvalue weighted by Crippen LogP contribution is -2.32. The van der Waals surface area contributed by atoms with Gasteiger partial charge < -0.3 is 14.6 Å². The fourth-order valence-electron chi connectivity index (χ4n) is 3.35. The summed E-state index contributed by atoms with van der Waals surface area (Å²) in [6.45, 7) is 0.238. The highest BCUT2D eigenvalue weighted by atomic mass is 19.1. The second-order valence-corrected chi connectivity index (χ2v) is 6.78. The van der Waals surface area contributed by atoms with Crippen molar-refractivity contribution in [3.05, 3.63) is 29.1 Å². The monoisotopic (exact) mass is 320 g/mol. The molecule has 0 spiro atoms. The third-order valence-corrected chi connectivity index (χ3v) is 4.96. The first-order chi connectivity index (χ1) is 11.0. The van der Waals surface area contributed by atoms with Crippen LogP contribution < -0.4 is 4.74 Å². The number of benzene rings is 1. The second kappa shape index (κ2) is 6.30. The van der Waals surface area contributed by atoms with Crippen molar-refractivity contribution >= 4 is 12.3 Å². The number of aromatic carboxylic acids is 1. The van der Waals surface area contributed by atoms with E-state index in [0.717, 1.165) is 56.8 Å². The number of aldehydes is 1. The Kier molecular flexibility index (Phi) is 4.37. The highest BCUT2D eigenvalue weighted by Gasteiger charge is 2.34. The van der Waals surface area contributed by atoms with Crippen molar-refractivity contribution in [1.82, 2.24) is 0 Å². The molecule has 0 unspecified atom stereocenters. The molecule has 5 heteroatoms. The molecular weight excluding hydrogens is 299 g/mol. The van der Waals surface area contributed by atoms with Crippen LogP contribution in [0.4, 0.5) is 4.39 Å². The molecule has 2 saturated carbocycles. The molecule has 4 nitrogen and oxygen atoms in total. The fourth-order valence-corrected chi connectivity index (χ4v) is 3.35. The van der Waals surface area contributed by atoms with E-state index in [1.54, 1.807) is 0 Å². The molecule has 1 N–H and O–H groups in total. The largest absolute Gasteiger partial charge is 0.492 e. The van der Waals surface area contributed by atoms with Crippen molar-refractivity contribution in [3.63, 3.8) is 0 Å². The third-order valence-electron chi connectivity index (χ3n) is 4.96. The molecule has 23 heavy (non-hydrogen) atoms. The SMILES string of the molecule is O=CC1(COc2cc(F)c(C(=O)O)cc2C2CC2)CCCCC1. The lowest BCUT2D eigenvalue weighted by Gasteiger charge is -2.32. The van der Waals surface area contributed by atoms with Gasteiger partial charge in [-0.2, -0.15) is 0 Å². The summed E-state index contributed by atoms with van der Waals surface area (Å²) in [6.07, 6.45) is 7.62. The Labute approximate surface area is 134 Å². The molecule has 1 aromatic carbocycles. The Morgan fingerprint density at radius 2 is 2.00 bits per heavy atom. The van der Waals surface area contributed by atoms with E-state index in [-0.39, 0.29) is 18.1 Å². The van der Waals surface area contributed by atoms with Gasteiger partial charge in [0.2, 0.25) is 0 Å². The van der Waals surface area contributed by atoms with Crippen molar-refractivity contribution < 1.29 is 23.8 Å². The van der Waals surface area contributed by atoms with Gasteiger partial charge in [0.05, 0.1) is 11.0 Å². The van der Waals surface area contributed by atoms with Crippen molar-refractivity contribution in [2.45, 2.75) is 50.9 Å². The molecule has 0 amide bonds. The zero-order chi connectivity index (χ0) is 16.4. The van der Waals surface area contributed by atoms with Gasteiger partial charge in [-0.05, 0) is 43.2 Å². The van der Waals surface area contributed by atoms with Gasteiger partial charge in [-0.1, -0.05) is 19.3 Å². The van der Waals surface area contributed by atoms with E-state index in [2.05, 4.69) is 0 Å². The molecule has 0 atom stereocenters. The topological polar surface area (TPSA) is 63.6 Å². The van der Waals surface area contributed by atoms with E-state index in [9.17, 15) is 14.0 Å². The van der Waals surface area contributed by atoms with Crippen LogP contribution in [0.1, 0.15) is 66.8 Å². The summed E-state index contributed by atoms with van der Waals surface area (Å²) in [5, 5.41) is 9.07. The molecule has 0 radical (unpaired) electrons. The zero-order valence-corrected chi connectivity index (χ0v) is 13.0. The van der Waals surface area contributed by atoms with E-state index in [1.807, 2.05) is 0 Å². The predicted molar refractivity (Wildman–Crippen MR) is 82.4 cm³/mol. The minimum atomic E-state index is -1.27. The van der Waals surface area contributed by atoms with E-state index in [4.69, 9.17) is 9.84 Å². The number of ether oxygens (including phenoxy) is 1. The van der Waals surface area contributed by atoms with Crippen LogP contribution in [-0.4, -0.2) is 24.0 Å². The normalized spacial score (nSPS) is 20.0. The number of carbonyl (C=O) groups excluding carboxylic acids is 1. The number of hydrogen-bond acceptors (Lipinski definition) is 3. The van der Waals surface area contributed by atoms with Gasteiger partial charge in [0.15, 0.2) is 0 Å². The highest BCUT2D eigenvalue weighted by Crippen LogP contribution is 2.46. The van der Waals surface area contributed by atoms with Crippen LogP contribution in [0, 0.1) is 11.2 Å². The molecule has 124 valence electrons. The summed E-state index contributed by atoms with van der Waals surface area (Å²) in [5.74, 6) is -1.43. The van der Waals surface area contributed by atoms with Crippen LogP contribution >= 0.6 is 0 Å². The molecular formula is C18H21FO4. The van der Waals surface area contributed by atoms with Gasteiger partial charge in [-0.15, -0.1) is 0 Å². The number of halogens is 1. The quantitative estimate of drug-likeness (QED) is 0.807. The molecule has 0 saturated heterocycles. The Balaban J connectivity index is 1.83. The summed E-state index contributed by atoms with van der Waals surface area (Å²) in [4.78, 5) is 22.6. The number of carboxylic acids is 1. The van der Waals surface area contributed by atoms with Crippen LogP contribution in [0.5, 0.6) is 5.75 Å². The molecule has 0 aliphatic heterocycles. The lowest BCUT2D eigenvalue weighted by molar-refractivity contribution is -0.119. The van der Waals surface area contributed by atoms with Crippen LogP contribution in [-0.2, 0) is 4.79 Å². The van der Waals surface area contributed by atoms with E-state index >= 15 is 0 Å². The Morgan fingerprint density at radius 3 is 2.57 bits per heavy atom. The van der Waals surface area contributed by atoms with Crippen LogP contribution in [0.3, 0.4) is 0 Å². The van der Waals surface area contributed by atoms with Crippen LogP contribution in [0.15, 0.2) is 12.1 Å². The van der Waals surface area contributed by atoms with Gasteiger partial charge in [-0.25, -0.2) is 9.18 Å². The first-order valence-corrected chi connectivity index (χ1v) is 8.20. The zero-order valence-electron chi connectivity index (χ0n) is 13.0. The molecule has 3 rings (SSSR count). The van der Waals surface area contributed by atoms with Gasteiger partial charge in [0.1, 0.15) is 24.5 Å². The maximum absolute atomic E-state index is 14.0. The molecule has 1 aromatic rings. The first-order valence-electron chi connectivity index (χ1n) is 8.20. The summed E-state index contributed by atoms with van der Waals surface area (Å²) >= 11 is 0. The number of hydrogen-bond donors (Lipinski definition) is 1. The lowest BCUT2D eigenvalue weighted by atomic mass is 9.76. The number of carbonyl (C=O) groups is 2. The Morgan fingerprint density at radius 1 is 1.30 bits per heavy atom. The predicted octanol–water partition coefficient (Wildman–Crippen LogP) is 3.93. The standard InChI is InChI=1S/C18H21FO4/c19-15-9-16(13(12-4-5-12)8-14(15)17(21)22)23-11-18(10-20)6-2-1-3-7-18/h8-10,12H,1-7,11H2,(H,21,22). The van der Waals surface area contributed by atoms with Crippen molar-refractivity contribution in [1.29, 1.82) is 0 Å². The molecule has 2 fully saturated rings. The Hall–Kier alpha value is -1.91. The maximum Gasteiger partial charge on any atom is 0.338 e. The third kappa shape index (κ3) is 3.38. The average molecular weight is 320 g/mol. The van der Waals surface area contributed by atoms with Crippen molar-refractivity contribution in [2.24, 2.45) is 5.41 Å². The minimum Gasteiger partial charge on any atom is -0.492 e. The molecule has 0 aromatic heterocycles. The number of carboxylic acid groups (broad SMARTS) is 1. The molecule has 2 aliphatic carbocycles. The minimum absolute atomic E-state index is 0.238. The fraction of sp³-hybridized carbons (Fsp3) is 0.556. The van der Waals surface area contributed by atoms with E-state index in [1.165, 1.54) is 12.1 Å². The van der Waals surface area contributed by atoms with E-state index in [0.29, 0.717) is 5.75 Å². The second-order valence-electron chi connectivity index (χ2n) is 6.78. The van der Waals surface area contributed by atoms with Crippen molar-refractivity contribution in [3.8, 4) is 5.75 Å². The van der Waals surface area contributed by atoms with Gasteiger partial charge >= 0.3 is 5.97 Å². The first kappa shape index (κ1) is 16.0. The van der Waals surface area contributed by atoms with Gasteiger partial charge in [0, 0.05) is 6.07 Å². The smallest absolute Gasteiger partial charge is 0.338 e. The number of rotatable bonds is 6. The van der Waals surface area contributed by atoms with Crippen molar-refractivity contribution in [2.75, 3.05) is 6.61 Å². The summed E-state index contributed by atoms with van der Waals surface area (Å²) < 4.78 is 19.8. The van der Waals surface area contributed by atoms with Gasteiger partial charge in [0.25, 0.3) is 0 Å². The van der Waals surface area contributed by atoms with Gasteiger partial charge in [-0.3, -0.25) is 0 Å². The molecule has 0 heterocycles.